The van der Waals surface area contributed by atoms with Gasteiger partial charge in [-0.1, -0.05) is 24.3 Å². The lowest BCUT2D eigenvalue weighted by molar-refractivity contribution is -0.139. The number of benzene rings is 1. The number of hydrogen-bond donors (Lipinski definition) is 2. The van der Waals surface area contributed by atoms with E-state index in [4.69, 9.17) is 4.74 Å². The molecule has 2 atom stereocenters. The number of aliphatic hydroxyl groups is 1. The van der Waals surface area contributed by atoms with Gasteiger partial charge in [-0.25, -0.2) is 0 Å². The van der Waals surface area contributed by atoms with E-state index >= 15 is 0 Å². The third-order valence-electron chi connectivity index (χ3n) is 3.55. The second-order valence-corrected chi connectivity index (χ2v) is 5.10. The molecule has 2 N–H and O–H groups in total. The van der Waals surface area contributed by atoms with E-state index in [9.17, 15) is 15.0 Å². The predicted octanol–water partition coefficient (Wildman–Crippen LogP) is 1.07. The lowest BCUT2D eigenvalue weighted by Crippen LogP contribution is -2.41. The van der Waals surface area contributed by atoms with Crippen LogP contribution in [0.2, 0.25) is 0 Å². The fraction of sp³-hybridized carbons (Fsp3) is 0.533. The molecular weight excluding hydrogens is 258 g/mol. The van der Waals surface area contributed by atoms with Gasteiger partial charge >= 0.3 is 5.97 Å². The fourth-order valence-corrected chi connectivity index (χ4v) is 2.63. The average Bonchev–Trinajstić information content (AvgIpc) is 2.44. The number of carbonyl (C=O) groups is 1. The Balaban J connectivity index is 2.06. The van der Waals surface area contributed by atoms with Crippen LogP contribution in [0.1, 0.15) is 24.0 Å². The molecular formula is C15H21NO4. The summed E-state index contributed by atoms with van der Waals surface area (Å²) in [4.78, 5) is 13.4. The van der Waals surface area contributed by atoms with E-state index in [1.165, 1.54) is 0 Å². The van der Waals surface area contributed by atoms with Crippen LogP contribution >= 0.6 is 0 Å². The second kappa shape index (κ2) is 6.83. The van der Waals surface area contributed by atoms with E-state index in [1.807, 2.05) is 36.1 Å². The summed E-state index contributed by atoms with van der Waals surface area (Å²) in [6.45, 7) is 4.26. The van der Waals surface area contributed by atoms with Crippen LogP contribution in [-0.4, -0.2) is 53.5 Å². The zero-order chi connectivity index (χ0) is 14.5. The average molecular weight is 279 g/mol. The van der Waals surface area contributed by atoms with Crippen molar-refractivity contribution < 1.29 is 19.7 Å². The molecule has 1 aromatic carbocycles. The number of fused-ring (bicyclic) bond motifs is 1. The van der Waals surface area contributed by atoms with Crippen LogP contribution in [0.4, 0.5) is 0 Å². The summed E-state index contributed by atoms with van der Waals surface area (Å²) in [7, 11) is 0. The number of carboxylic acid groups (broad SMARTS) is 1. The second-order valence-electron chi connectivity index (χ2n) is 5.10. The van der Waals surface area contributed by atoms with E-state index in [0.29, 0.717) is 26.2 Å². The summed E-state index contributed by atoms with van der Waals surface area (Å²) in [5.74, 6) is -1.35. The maximum absolute atomic E-state index is 11.4. The Labute approximate surface area is 118 Å². The zero-order valence-electron chi connectivity index (χ0n) is 11.7. The smallest absolute Gasteiger partial charge is 0.312 e. The van der Waals surface area contributed by atoms with E-state index in [-0.39, 0.29) is 6.61 Å². The van der Waals surface area contributed by atoms with Crippen molar-refractivity contribution in [2.45, 2.75) is 25.5 Å². The van der Waals surface area contributed by atoms with Crippen molar-refractivity contribution in [3.8, 4) is 0 Å². The van der Waals surface area contributed by atoms with Gasteiger partial charge in [0.2, 0.25) is 0 Å². The van der Waals surface area contributed by atoms with E-state index in [1.54, 1.807) is 0 Å². The quantitative estimate of drug-likeness (QED) is 0.815. The number of rotatable bonds is 6. The molecule has 1 heterocycles. The Morgan fingerprint density at radius 3 is 2.95 bits per heavy atom. The first-order chi connectivity index (χ1) is 9.61. The summed E-state index contributed by atoms with van der Waals surface area (Å²) in [5, 5.41) is 19.3. The highest BCUT2D eigenvalue weighted by Crippen LogP contribution is 2.28. The number of nitrogens with zero attached hydrogens (tertiary/aromatic N) is 1. The van der Waals surface area contributed by atoms with Crippen LogP contribution in [0, 0.1) is 0 Å². The first-order valence-corrected chi connectivity index (χ1v) is 6.90. The van der Waals surface area contributed by atoms with Gasteiger partial charge < -0.3 is 14.9 Å². The number of ether oxygens (including phenoxy) is 1. The van der Waals surface area contributed by atoms with Crippen LogP contribution in [0.15, 0.2) is 24.3 Å². The highest BCUT2D eigenvalue weighted by Gasteiger charge is 2.30. The minimum atomic E-state index is -0.818. The third-order valence-corrected chi connectivity index (χ3v) is 3.55. The Bertz CT molecular complexity index is 463. The van der Waals surface area contributed by atoms with Gasteiger partial charge in [0, 0.05) is 26.2 Å². The molecule has 1 aliphatic heterocycles. The van der Waals surface area contributed by atoms with E-state index < -0.39 is 18.0 Å². The summed E-state index contributed by atoms with van der Waals surface area (Å²) in [6.07, 6.45) is -0.588. The highest BCUT2D eigenvalue weighted by molar-refractivity contribution is 5.77. The third kappa shape index (κ3) is 3.56. The Morgan fingerprint density at radius 1 is 1.50 bits per heavy atom. The summed E-state index contributed by atoms with van der Waals surface area (Å²) in [5.41, 5.74) is 1.91. The number of aliphatic hydroxyl groups excluding tert-OH is 1. The molecule has 0 bridgehead atoms. The first-order valence-electron chi connectivity index (χ1n) is 6.90. The Hall–Kier alpha value is -1.43. The standard InChI is InChI=1S/C15H21NO4/c1-2-20-10-12(17)8-16-7-11-5-3-4-6-13(11)14(9-16)15(18)19/h3-6,12,14,17H,2,7-10H2,1H3,(H,18,19). The van der Waals surface area contributed by atoms with Crippen LogP contribution in [-0.2, 0) is 16.1 Å². The van der Waals surface area contributed by atoms with Crippen molar-refractivity contribution in [1.29, 1.82) is 0 Å². The Morgan fingerprint density at radius 2 is 2.25 bits per heavy atom. The van der Waals surface area contributed by atoms with Crippen LogP contribution in [0.25, 0.3) is 0 Å². The summed E-state index contributed by atoms with van der Waals surface area (Å²) in [6, 6.07) is 7.61. The molecule has 2 unspecified atom stereocenters. The SMILES string of the molecule is CCOCC(O)CN1Cc2ccccc2C(C(=O)O)C1. The van der Waals surface area contributed by atoms with Gasteiger partial charge in [0.25, 0.3) is 0 Å². The van der Waals surface area contributed by atoms with Crippen LogP contribution < -0.4 is 0 Å². The molecule has 0 radical (unpaired) electrons. The maximum Gasteiger partial charge on any atom is 0.312 e. The number of hydrogen-bond acceptors (Lipinski definition) is 4. The number of β-amino-alcohol motifs (C(OH)–C–C–N with tert-alkyl or cyclic N) is 1. The van der Waals surface area contributed by atoms with Gasteiger partial charge in [0.1, 0.15) is 0 Å². The molecule has 0 spiro atoms. The zero-order valence-corrected chi connectivity index (χ0v) is 11.7. The van der Waals surface area contributed by atoms with Crippen molar-refractivity contribution in [1.82, 2.24) is 4.90 Å². The van der Waals surface area contributed by atoms with Crippen molar-refractivity contribution >= 4 is 5.97 Å². The van der Waals surface area contributed by atoms with E-state index in [2.05, 4.69) is 0 Å². The predicted molar refractivity (Wildman–Crippen MR) is 74.6 cm³/mol. The van der Waals surface area contributed by atoms with Crippen molar-refractivity contribution in [2.75, 3.05) is 26.3 Å². The highest BCUT2D eigenvalue weighted by atomic mass is 16.5. The molecule has 5 nitrogen and oxygen atoms in total. The molecule has 0 saturated carbocycles. The van der Waals surface area contributed by atoms with Gasteiger partial charge in [-0.2, -0.15) is 0 Å². The molecule has 1 aromatic rings. The number of aliphatic carboxylic acids is 1. The topological polar surface area (TPSA) is 70.0 Å². The van der Waals surface area contributed by atoms with Crippen molar-refractivity contribution in [3.63, 3.8) is 0 Å². The minimum Gasteiger partial charge on any atom is -0.481 e. The molecule has 0 saturated heterocycles. The molecule has 1 aliphatic rings. The molecule has 0 aliphatic carbocycles. The fourth-order valence-electron chi connectivity index (χ4n) is 2.63. The molecule has 0 amide bonds. The first kappa shape index (κ1) is 15.0. The molecule has 0 fully saturated rings. The monoisotopic (exact) mass is 279 g/mol. The number of carboxylic acids is 1. The lowest BCUT2D eigenvalue weighted by Gasteiger charge is -2.33. The van der Waals surface area contributed by atoms with Gasteiger partial charge in [-0.3, -0.25) is 9.69 Å². The summed E-state index contributed by atoms with van der Waals surface area (Å²) < 4.78 is 5.19. The summed E-state index contributed by atoms with van der Waals surface area (Å²) >= 11 is 0. The van der Waals surface area contributed by atoms with Gasteiger partial charge in [0.15, 0.2) is 0 Å². The molecule has 5 heteroatoms. The molecule has 110 valence electrons. The molecule has 2 rings (SSSR count). The van der Waals surface area contributed by atoms with Gasteiger partial charge in [0.05, 0.1) is 18.6 Å². The van der Waals surface area contributed by atoms with E-state index in [0.717, 1.165) is 11.1 Å². The molecule has 20 heavy (non-hydrogen) atoms. The van der Waals surface area contributed by atoms with Crippen LogP contribution in [0.5, 0.6) is 0 Å². The van der Waals surface area contributed by atoms with Gasteiger partial charge in [-0.15, -0.1) is 0 Å². The normalized spacial score (nSPS) is 20.4. The lowest BCUT2D eigenvalue weighted by atomic mass is 9.89. The maximum atomic E-state index is 11.4. The van der Waals surface area contributed by atoms with Crippen molar-refractivity contribution in [2.24, 2.45) is 0 Å². The minimum absolute atomic E-state index is 0.284. The molecule has 0 aromatic heterocycles. The van der Waals surface area contributed by atoms with Gasteiger partial charge in [-0.05, 0) is 18.1 Å². The van der Waals surface area contributed by atoms with Crippen molar-refractivity contribution in [3.05, 3.63) is 35.4 Å². The Kier molecular flexibility index (Phi) is 5.11. The van der Waals surface area contributed by atoms with Crippen LogP contribution in [0.3, 0.4) is 0 Å². The largest absolute Gasteiger partial charge is 0.481 e.